The molecule has 0 aliphatic carbocycles. The number of ether oxygens (including phenoxy) is 2. The summed E-state index contributed by atoms with van der Waals surface area (Å²) in [6, 6.07) is 22.2. The van der Waals surface area contributed by atoms with Crippen molar-refractivity contribution in [3.63, 3.8) is 0 Å². The molecule has 5 rings (SSSR count). The largest absolute Gasteiger partial charge is 0.504 e. The van der Waals surface area contributed by atoms with E-state index in [1.807, 2.05) is 24.3 Å². The van der Waals surface area contributed by atoms with Crippen molar-refractivity contribution in [2.75, 3.05) is 33.4 Å². The van der Waals surface area contributed by atoms with Crippen LogP contribution in [0.5, 0.6) is 23.0 Å². The summed E-state index contributed by atoms with van der Waals surface area (Å²) in [4.78, 5) is 25.4. The minimum atomic E-state index is -1.13. The topological polar surface area (TPSA) is 232 Å². The molecule has 0 unspecified atom stereocenters. The van der Waals surface area contributed by atoms with Gasteiger partial charge in [0.05, 0.1) is 49.2 Å². The van der Waals surface area contributed by atoms with Crippen LogP contribution in [-0.4, -0.2) is 70.6 Å². The average Bonchev–Trinajstić information content (AvgIpc) is 3.12. The van der Waals surface area contributed by atoms with Crippen molar-refractivity contribution in [1.82, 2.24) is 4.90 Å². The summed E-state index contributed by atoms with van der Waals surface area (Å²) in [6.07, 6.45) is 0. The molecule has 1 saturated heterocycles. The fourth-order valence-corrected chi connectivity index (χ4v) is 5.02. The van der Waals surface area contributed by atoms with Crippen molar-refractivity contribution < 1.29 is 39.5 Å². The number of phenols is 3. The zero-order valence-electron chi connectivity index (χ0n) is 25.3. The molecule has 13 nitrogen and oxygen atoms in total. The number of rotatable bonds is 5. The number of hydrogen-bond donors (Lipinski definition) is 4. The number of nitriles is 4. The predicted molar refractivity (Wildman–Crippen MR) is 168 cm³/mol. The number of nitrogens with zero attached hydrogens (tertiary/aromatic N) is 5. The Morgan fingerprint density at radius 1 is 0.750 bits per heavy atom. The van der Waals surface area contributed by atoms with Crippen molar-refractivity contribution in [3.05, 3.63) is 94.0 Å². The molecule has 48 heavy (non-hydrogen) atoms. The number of amides is 1. The van der Waals surface area contributed by atoms with Gasteiger partial charge in [-0.2, -0.15) is 21.0 Å². The molecule has 0 radical (unpaired) electrons. The molecule has 1 aliphatic heterocycles. The molecule has 13 heteroatoms. The third-order valence-electron chi connectivity index (χ3n) is 7.32. The molecule has 0 atom stereocenters. The van der Waals surface area contributed by atoms with Gasteiger partial charge in [-0.3, -0.25) is 4.79 Å². The third-order valence-corrected chi connectivity index (χ3v) is 7.32. The van der Waals surface area contributed by atoms with Crippen LogP contribution in [0.15, 0.2) is 60.7 Å². The fourth-order valence-electron chi connectivity index (χ4n) is 5.02. The van der Waals surface area contributed by atoms with Crippen molar-refractivity contribution in [1.29, 1.82) is 21.0 Å². The molecule has 1 aliphatic rings. The zero-order valence-corrected chi connectivity index (χ0v) is 25.3. The minimum Gasteiger partial charge on any atom is -0.504 e. The van der Waals surface area contributed by atoms with Gasteiger partial charge in [0.2, 0.25) is 0 Å². The standard InChI is InChI=1S/C19H15N3O4.C16H10N2O4/c20-10-14-9-16(23)18(24)15(11-21)17(14)12-2-1-3-13(8-12)19(25)22-4-6-26-7-5-22;1-22-13-6-11(7-17)14(12(8-18)15(13)19)9-3-2-4-10(5-9)16(20)21/h1-3,8-9,23-24H,4-7H2;2-6,19H,1H3,(H,20,21). The highest BCUT2D eigenvalue weighted by molar-refractivity contribution is 5.96. The van der Waals surface area contributed by atoms with Gasteiger partial charge >= 0.3 is 5.97 Å². The number of methoxy groups -OCH3 is 1. The molecule has 0 spiro atoms. The van der Waals surface area contributed by atoms with E-state index in [-0.39, 0.29) is 56.4 Å². The summed E-state index contributed by atoms with van der Waals surface area (Å²) in [5, 5.41) is 76.1. The first-order valence-electron chi connectivity index (χ1n) is 14.0. The highest BCUT2D eigenvalue weighted by Gasteiger charge is 2.23. The quantitative estimate of drug-likeness (QED) is 0.220. The van der Waals surface area contributed by atoms with Gasteiger partial charge in [0, 0.05) is 41.9 Å². The molecule has 0 aromatic heterocycles. The number of phenolic OH excluding ortho intramolecular Hbond substituents is 3. The van der Waals surface area contributed by atoms with Gasteiger partial charge in [0.25, 0.3) is 5.91 Å². The number of aromatic hydroxyl groups is 3. The second-order valence-electron chi connectivity index (χ2n) is 10.1. The number of morpholine rings is 1. The van der Waals surface area contributed by atoms with Crippen molar-refractivity contribution in [2.45, 2.75) is 0 Å². The molecule has 4 aromatic rings. The zero-order chi connectivity index (χ0) is 35.0. The van der Waals surface area contributed by atoms with E-state index >= 15 is 0 Å². The lowest BCUT2D eigenvalue weighted by atomic mass is 9.93. The van der Waals surface area contributed by atoms with E-state index in [1.54, 1.807) is 35.2 Å². The van der Waals surface area contributed by atoms with Crippen LogP contribution < -0.4 is 4.74 Å². The predicted octanol–water partition coefficient (Wildman–Crippen LogP) is 4.49. The van der Waals surface area contributed by atoms with Crippen LogP contribution in [0.2, 0.25) is 0 Å². The first-order chi connectivity index (χ1) is 23.1. The minimum absolute atomic E-state index is 0.00578. The Bertz CT molecular complexity index is 2090. The van der Waals surface area contributed by atoms with Crippen LogP contribution in [0.1, 0.15) is 43.0 Å². The number of benzene rings is 4. The smallest absolute Gasteiger partial charge is 0.335 e. The first-order valence-corrected chi connectivity index (χ1v) is 14.0. The Kier molecular flexibility index (Phi) is 10.4. The van der Waals surface area contributed by atoms with Crippen molar-refractivity contribution in [3.8, 4) is 69.5 Å². The van der Waals surface area contributed by atoms with E-state index in [0.29, 0.717) is 43.0 Å². The van der Waals surface area contributed by atoms with E-state index < -0.39 is 17.5 Å². The van der Waals surface area contributed by atoms with Crippen LogP contribution in [0.4, 0.5) is 0 Å². The molecular formula is C35H25N5O8. The Balaban J connectivity index is 0.000000220. The summed E-state index contributed by atoms with van der Waals surface area (Å²) in [5.41, 5.74) is 1.36. The normalized spacial score (nSPS) is 11.8. The van der Waals surface area contributed by atoms with Gasteiger partial charge in [-0.15, -0.1) is 0 Å². The summed E-state index contributed by atoms with van der Waals surface area (Å²) < 4.78 is 10.2. The molecule has 238 valence electrons. The van der Waals surface area contributed by atoms with Crippen molar-refractivity contribution >= 4 is 11.9 Å². The van der Waals surface area contributed by atoms with E-state index in [2.05, 4.69) is 0 Å². The number of carbonyl (C=O) groups excluding carboxylic acids is 1. The Hall–Kier alpha value is -7.06. The van der Waals surface area contributed by atoms with Gasteiger partial charge in [-0.05, 0) is 35.4 Å². The lowest BCUT2D eigenvalue weighted by Gasteiger charge is -2.27. The SMILES string of the molecule is COc1cc(C#N)c(-c2cccc(C(=O)O)c2)c(C#N)c1O.N#Cc1cc(O)c(O)c(C#N)c1-c1cccc(C(=O)N2CCOCC2)c1. The molecular weight excluding hydrogens is 618 g/mol. The highest BCUT2D eigenvalue weighted by atomic mass is 16.5. The van der Waals surface area contributed by atoms with Crippen LogP contribution in [0, 0.1) is 45.3 Å². The second-order valence-corrected chi connectivity index (χ2v) is 10.1. The fraction of sp³-hybridized carbons (Fsp3) is 0.143. The van der Waals surface area contributed by atoms with Crippen LogP contribution >= 0.6 is 0 Å². The number of carboxylic acids is 1. The number of hydrogen-bond acceptors (Lipinski definition) is 11. The summed E-state index contributed by atoms with van der Waals surface area (Å²) in [5.74, 6) is -2.81. The Morgan fingerprint density at radius 3 is 1.79 bits per heavy atom. The molecule has 4 N–H and O–H groups in total. The maximum atomic E-state index is 12.7. The molecule has 1 amide bonds. The average molecular weight is 644 g/mol. The monoisotopic (exact) mass is 643 g/mol. The second kappa shape index (κ2) is 14.8. The Labute approximate surface area is 274 Å². The van der Waals surface area contributed by atoms with E-state index in [4.69, 9.17) is 14.6 Å². The molecule has 0 saturated carbocycles. The molecule has 1 heterocycles. The molecule has 1 fully saturated rings. The van der Waals surface area contributed by atoms with Gasteiger partial charge < -0.3 is 34.8 Å². The lowest BCUT2D eigenvalue weighted by Crippen LogP contribution is -2.40. The van der Waals surface area contributed by atoms with Crippen molar-refractivity contribution in [2.24, 2.45) is 0 Å². The first kappa shape index (κ1) is 33.8. The molecule has 0 bridgehead atoms. The number of aromatic carboxylic acids is 1. The summed E-state index contributed by atoms with van der Waals surface area (Å²) in [6.45, 7) is 1.95. The van der Waals surface area contributed by atoms with E-state index in [9.17, 15) is 46.0 Å². The van der Waals surface area contributed by atoms with Gasteiger partial charge in [-0.25, -0.2) is 4.79 Å². The van der Waals surface area contributed by atoms with Gasteiger partial charge in [-0.1, -0.05) is 24.3 Å². The van der Waals surface area contributed by atoms with Gasteiger partial charge in [0.15, 0.2) is 23.0 Å². The highest BCUT2D eigenvalue weighted by Crippen LogP contribution is 2.41. The third kappa shape index (κ3) is 6.78. The molecule has 4 aromatic carbocycles. The van der Waals surface area contributed by atoms with Crippen LogP contribution in [-0.2, 0) is 4.74 Å². The Morgan fingerprint density at radius 2 is 1.27 bits per heavy atom. The van der Waals surface area contributed by atoms with Crippen LogP contribution in [0.3, 0.4) is 0 Å². The number of carbonyl (C=O) groups is 2. The van der Waals surface area contributed by atoms with E-state index in [0.717, 1.165) is 6.07 Å². The van der Waals surface area contributed by atoms with E-state index in [1.165, 1.54) is 31.4 Å². The maximum Gasteiger partial charge on any atom is 0.335 e. The van der Waals surface area contributed by atoms with Crippen LogP contribution in [0.25, 0.3) is 22.3 Å². The summed E-state index contributed by atoms with van der Waals surface area (Å²) in [7, 11) is 1.31. The summed E-state index contributed by atoms with van der Waals surface area (Å²) >= 11 is 0. The lowest BCUT2D eigenvalue weighted by molar-refractivity contribution is 0.0303. The number of carboxylic acid groups (broad SMARTS) is 1. The maximum absolute atomic E-state index is 12.7. The van der Waals surface area contributed by atoms with Gasteiger partial charge in [0.1, 0.15) is 23.3 Å².